The number of thioether (sulfide) groups is 1. The molecule has 2 aromatic carbocycles. The lowest BCUT2D eigenvalue weighted by Crippen LogP contribution is -2.16. The Morgan fingerprint density at radius 1 is 0.739 bits per heavy atom. The summed E-state index contributed by atoms with van der Waals surface area (Å²) in [5, 5.41) is 0.931. The van der Waals surface area contributed by atoms with Crippen LogP contribution in [0, 0.1) is 0 Å². The van der Waals surface area contributed by atoms with Gasteiger partial charge in [0.05, 0.1) is 5.03 Å². The first-order valence-corrected chi connectivity index (χ1v) is 8.52. The first-order valence-electron chi connectivity index (χ1n) is 7.29. The third-order valence-corrected chi connectivity index (χ3v) is 3.81. The van der Waals surface area contributed by atoms with Gasteiger partial charge < -0.3 is 9.47 Å². The molecule has 23 heavy (non-hydrogen) atoms. The quantitative estimate of drug-likeness (QED) is 0.474. The highest BCUT2D eigenvalue weighted by molar-refractivity contribution is 7.98. The van der Waals surface area contributed by atoms with Crippen molar-refractivity contribution in [3.8, 4) is 11.5 Å². The minimum Gasteiger partial charge on any atom is -0.449 e. The van der Waals surface area contributed by atoms with E-state index in [0.29, 0.717) is 0 Å². The Balaban J connectivity index is 1.88. The lowest BCUT2D eigenvalue weighted by Gasteiger charge is -2.20. The molecule has 0 N–H and O–H groups in total. The maximum absolute atomic E-state index is 6.01. The van der Waals surface area contributed by atoms with Crippen LogP contribution < -0.4 is 9.47 Å². The lowest BCUT2D eigenvalue weighted by molar-refractivity contribution is -0.0000772. The predicted octanol–water partition coefficient (Wildman–Crippen LogP) is 4.96. The van der Waals surface area contributed by atoms with Gasteiger partial charge in [0, 0.05) is 0 Å². The van der Waals surface area contributed by atoms with Crippen molar-refractivity contribution in [3.05, 3.63) is 84.6 Å². The Labute approximate surface area is 140 Å². The van der Waals surface area contributed by atoms with Crippen LogP contribution in [0.4, 0.5) is 0 Å². The molecule has 0 aliphatic rings. The van der Waals surface area contributed by atoms with Gasteiger partial charge in [0.1, 0.15) is 17.2 Å². The fraction of sp³-hybridized carbons (Fsp3) is 0.105. The molecule has 1 heterocycles. The highest BCUT2D eigenvalue weighted by Crippen LogP contribution is 2.25. The maximum Gasteiger partial charge on any atom is 0.284 e. The van der Waals surface area contributed by atoms with E-state index in [9.17, 15) is 0 Å². The SMILES string of the molecule is CSc1cccc(C(Oc2ccccc2)Oc2ccccc2)n1. The van der Waals surface area contributed by atoms with Gasteiger partial charge in [0.2, 0.25) is 0 Å². The number of ether oxygens (including phenoxy) is 2. The van der Waals surface area contributed by atoms with Gasteiger partial charge in [0.25, 0.3) is 6.29 Å². The second-order valence-electron chi connectivity index (χ2n) is 4.80. The Hall–Kier alpha value is -2.46. The molecular weight excluding hydrogens is 306 g/mol. The zero-order chi connectivity index (χ0) is 15.9. The number of rotatable bonds is 6. The molecule has 116 valence electrons. The fourth-order valence-electron chi connectivity index (χ4n) is 2.07. The Morgan fingerprint density at radius 2 is 1.30 bits per heavy atom. The van der Waals surface area contributed by atoms with Crippen molar-refractivity contribution in [1.29, 1.82) is 0 Å². The van der Waals surface area contributed by atoms with E-state index in [4.69, 9.17) is 9.47 Å². The standard InChI is InChI=1S/C19H17NO2S/c1-23-18-14-8-13-17(20-18)19(21-15-9-4-2-5-10-15)22-16-11-6-3-7-12-16/h2-14,19H,1H3. The number of nitrogens with zero attached hydrogens (tertiary/aromatic N) is 1. The molecule has 0 atom stereocenters. The molecule has 0 fully saturated rings. The van der Waals surface area contributed by atoms with Gasteiger partial charge in [-0.05, 0) is 42.7 Å². The summed E-state index contributed by atoms with van der Waals surface area (Å²) < 4.78 is 12.0. The van der Waals surface area contributed by atoms with Gasteiger partial charge in [-0.25, -0.2) is 4.98 Å². The van der Waals surface area contributed by atoms with Crippen LogP contribution in [0.2, 0.25) is 0 Å². The number of aromatic nitrogens is 1. The normalized spacial score (nSPS) is 10.5. The number of hydrogen-bond acceptors (Lipinski definition) is 4. The molecule has 1 aromatic heterocycles. The minimum atomic E-state index is -0.605. The summed E-state index contributed by atoms with van der Waals surface area (Å²) >= 11 is 1.59. The van der Waals surface area contributed by atoms with E-state index in [1.807, 2.05) is 85.1 Å². The van der Waals surface area contributed by atoms with E-state index in [-0.39, 0.29) is 0 Å². The van der Waals surface area contributed by atoms with Crippen LogP contribution >= 0.6 is 11.8 Å². The van der Waals surface area contributed by atoms with Crippen molar-refractivity contribution in [2.24, 2.45) is 0 Å². The van der Waals surface area contributed by atoms with Gasteiger partial charge >= 0.3 is 0 Å². The molecule has 3 nitrogen and oxygen atoms in total. The molecular formula is C19H17NO2S. The van der Waals surface area contributed by atoms with E-state index in [0.717, 1.165) is 22.2 Å². The van der Waals surface area contributed by atoms with Gasteiger partial charge in [-0.15, -0.1) is 11.8 Å². The van der Waals surface area contributed by atoms with Crippen LogP contribution in [0.5, 0.6) is 11.5 Å². The monoisotopic (exact) mass is 323 g/mol. The van der Waals surface area contributed by atoms with Gasteiger partial charge in [-0.1, -0.05) is 42.5 Å². The summed E-state index contributed by atoms with van der Waals surface area (Å²) in [6.07, 6.45) is 1.39. The minimum absolute atomic E-state index is 0.605. The molecule has 0 aliphatic heterocycles. The third kappa shape index (κ3) is 4.27. The molecule has 0 aliphatic carbocycles. The predicted molar refractivity (Wildman–Crippen MR) is 92.9 cm³/mol. The Kier molecular flexibility index (Phi) is 5.17. The lowest BCUT2D eigenvalue weighted by atomic mass is 10.3. The highest BCUT2D eigenvalue weighted by Gasteiger charge is 2.17. The first kappa shape index (κ1) is 15.4. The molecule has 4 heteroatoms. The van der Waals surface area contributed by atoms with Crippen LogP contribution in [0.15, 0.2) is 83.9 Å². The van der Waals surface area contributed by atoms with Crippen LogP contribution in [-0.2, 0) is 0 Å². The molecule has 0 bridgehead atoms. The zero-order valence-electron chi connectivity index (χ0n) is 12.8. The molecule has 3 rings (SSSR count). The van der Waals surface area contributed by atoms with Crippen molar-refractivity contribution in [1.82, 2.24) is 4.98 Å². The largest absolute Gasteiger partial charge is 0.449 e. The molecule has 0 radical (unpaired) electrons. The number of para-hydroxylation sites is 2. The number of hydrogen-bond donors (Lipinski definition) is 0. The average Bonchev–Trinajstić information content (AvgIpc) is 2.63. The molecule has 0 saturated heterocycles. The Bertz CT molecular complexity index is 693. The summed E-state index contributed by atoms with van der Waals surface area (Å²) in [6, 6.07) is 25.1. The highest BCUT2D eigenvalue weighted by atomic mass is 32.2. The summed E-state index contributed by atoms with van der Waals surface area (Å²) in [5.74, 6) is 1.48. The molecule has 0 amide bonds. The van der Waals surface area contributed by atoms with Crippen molar-refractivity contribution >= 4 is 11.8 Å². The smallest absolute Gasteiger partial charge is 0.284 e. The maximum atomic E-state index is 6.01. The second kappa shape index (κ2) is 7.70. The van der Waals surface area contributed by atoms with Crippen molar-refractivity contribution < 1.29 is 9.47 Å². The van der Waals surface area contributed by atoms with Crippen molar-refractivity contribution in [3.63, 3.8) is 0 Å². The molecule has 3 aromatic rings. The van der Waals surface area contributed by atoms with Crippen molar-refractivity contribution in [2.45, 2.75) is 11.3 Å². The van der Waals surface area contributed by atoms with E-state index in [1.54, 1.807) is 11.8 Å². The average molecular weight is 323 g/mol. The number of benzene rings is 2. The van der Waals surface area contributed by atoms with E-state index >= 15 is 0 Å². The summed E-state index contributed by atoms with van der Waals surface area (Å²) in [4.78, 5) is 4.60. The first-order chi connectivity index (χ1) is 11.3. The number of pyridine rings is 1. The second-order valence-corrected chi connectivity index (χ2v) is 5.63. The summed E-state index contributed by atoms with van der Waals surface area (Å²) in [6.45, 7) is 0. The summed E-state index contributed by atoms with van der Waals surface area (Å²) in [5.41, 5.74) is 0.740. The van der Waals surface area contributed by atoms with E-state index < -0.39 is 6.29 Å². The topological polar surface area (TPSA) is 31.4 Å². The van der Waals surface area contributed by atoms with Crippen LogP contribution in [0.1, 0.15) is 12.0 Å². The third-order valence-electron chi connectivity index (χ3n) is 3.17. The van der Waals surface area contributed by atoms with Crippen LogP contribution in [-0.4, -0.2) is 11.2 Å². The fourth-order valence-corrected chi connectivity index (χ4v) is 2.48. The van der Waals surface area contributed by atoms with E-state index in [1.165, 1.54) is 0 Å². The molecule has 0 unspecified atom stereocenters. The summed E-state index contributed by atoms with van der Waals surface area (Å²) in [7, 11) is 0. The van der Waals surface area contributed by atoms with Crippen LogP contribution in [0.25, 0.3) is 0 Å². The zero-order valence-corrected chi connectivity index (χ0v) is 13.6. The molecule has 0 spiro atoms. The van der Waals surface area contributed by atoms with Crippen molar-refractivity contribution in [2.75, 3.05) is 6.26 Å². The van der Waals surface area contributed by atoms with E-state index in [2.05, 4.69) is 4.98 Å². The Morgan fingerprint density at radius 3 is 1.83 bits per heavy atom. The van der Waals surface area contributed by atoms with Gasteiger partial charge in [-0.2, -0.15) is 0 Å². The van der Waals surface area contributed by atoms with Gasteiger partial charge in [0.15, 0.2) is 0 Å². The van der Waals surface area contributed by atoms with Crippen LogP contribution in [0.3, 0.4) is 0 Å². The molecule has 0 saturated carbocycles. The van der Waals surface area contributed by atoms with Gasteiger partial charge in [-0.3, -0.25) is 0 Å².